The highest BCUT2D eigenvalue weighted by molar-refractivity contribution is 5.07. The van der Waals surface area contributed by atoms with Crippen LogP contribution in [-0.2, 0) is 13.0 Å². The fourth-order valence-corrected chi connectivity index (χ4v) is 1.36. The normalized spacial score (nSPS) is 11.2. The zero-order chi connectivity index (χ0) is 10.6. The molecule has 0 aromatic carbocycles. The minimum absolute atomic E-state index is 0.643. The summed E-state index contributed by atoms with van der Waals surface area (Å²) in [4.78, 5) is 0. The largest absolute Gasteiger partial charge is 0.330 e. The molecule has 14 heavy (non-hydrogen) atoms. The Kier molecular flexibility index (Phi) is 4.07. The smallest absolute Gasteiger partial charge is 0.0868 e. The molecular formula is C10H20N4. The average molecular weight is 196 g/mol. The lowest BCUT2D eigenvalue weighted by atomic mass is 10.1. The third-order valence-corrected chi connectivity index (χ3v) is 2.38. The minimum Gasteiger partial charge on any atom is -0.330 e. The summed E-state index contributed by atoms with van der Waals surface area (Å²) >= 11 is 0. The SMILES string of the molecule is Cc1c(CCN)nnn1CCC(C)C. The molecule has 0 saturated carbocycles. The predicted molar refractivity (Wildman–Crippen MR) is 57.0 cm³/mol. The fourth-order valence-electron chi connectivity index (χ4n) is 1.36. The molecule has 0 unspecified atom stereocenters. The van der Waals surface area contributed by atoms with Crippen molar-refractivity contribution in [1.29, 1.82) is 0 Å². The van der Waals surface area contributed by atoms with E-state index in [-0.39, 0.29) is 0 Å². The first-order chi connectivity index (χ1) is 6.65. The van der Waals surface area contributed by atoms with E-state index in [1.807, 2.05) is 4.68 Å². The summed E-state index contributed by atoms with van der Waals surface area (Å²) in [6.45, 7) is 8.09. The van der Waals surface area contributed by atoms with Gasteiger partial charge in [0.15, 0.2) is 0 Å². The molecule has 0 spiro atoms. The Labute approximate surface area is 85.5 Å². The summed E-state index contributed by atoms with van der Waals surface area (Å²) in [5.74, 6) is 0.705. The van der Waals surface area contributed by atoms with Crippen LogP contribution in [-0.4, -0.2) is 21.5 Å². The fraction of sp³-hybridized carbons (Fsp3) is 0.800. The van der Waals surface area contributed by atoms with Gasteiger partial charge in [0.05, 0.1) is 11.4 Å². The second-order valence-corrected chi connectivity index (χ2v) is 4.07. The third-order valence-electron chi connectivity index (χ3n) is 2.38. The molecule has 80 valence electrons. The van der Waals surface area contributed by atoms with E-state index in [0.717, 1.165) is 30.8 Å². The van der Waals surface area contributed by atoms with Gasteiger partial charge in [0.25, 0.3) is 0 Å². The van der Waals surface area contributed by atoms with Gasteiger partial charge in [-0.1, -0.05) is 19.1 Å². The molecular weight excluding hydrogens is 176 g/mol. The molecule has 1 rings (SSSR count). The highest BCUT2D eigenvalue weighted by Crippen LogP contribution is 2.07. The van der Waals surface area contributed by atoms with Gasteiger partial charge in [0.1, 0.15) is 0 Å². The van der Waals surface area contributed by atoms with Crippen molar-refractivity contribution < 1.29 is 0 Å². The molecule has 0 fully saturated rings. The van der Waals surface area contributed by atoms with Crippen LogP contribution in [0.4, 0.5) is 0 Å². The summed E-state index contributed by atoms with van der Waals surface area (Å²) in [5.41, 5.74) is 7.69. The Hall–Kier alpha value is -0.900. The Bertz CT molecular complexity index is 278. The zero-order valence-corrected chi connectivity index (χ0v) is 9.32. The molecule has 1 aromatic rings. The first kappa shape index (κ1) is 11.2. The summed E-state index contributed by atoms with van der Waals surface area (Å²) in [5, 5.41) is 8.23. The van der Waals surface area contributed by atoms with Crippen molar-refractivity contribution >= 4 is 0 Å². The van der Waals surface area contributed by atoms with Crippen LogP contribution in [0.25, 0.3) is 0 Å². The van der Waals surface area contributed by atoms with E-state index in [1.54, 1.807) is 0 Å². The van der Waals surface area contributed by atoms with Crippen molar-refractivity contribution in [3.63, 3.8) is 0 Å². The van der Waals surface area contributed by atoms with Crippen molar-refractivity contribution in [2.24, 2.45) is 11.7 Å². The van der Waals surface area contributed by atoms with Crippen molar-refractivity contribution in [1.82, 2.24) is 15.0 Å². The lowest BCUT2D eigenvalue weighted by Gasteiger charge is -2.05. The topological polar surface area (TPSA) is 56.7 Å². The van der Waals surface area contributed by atoms with Gasteiger partial charge >= 0.3 is 0 Å². The van der Waals surface area contributed by atoms with E-state index in [4.69, 9.17) is 5.73 Å². The van der Waals surface area contributed by atoms with E-state index in [2.05, 4.69) is 31.1 Å². The van der Waals surface area contributed by atoms with Gasteiger partial charge < -0.3 is 5.73 Å². The van der Waals surface area contributed by atoms with Crippen molar-refractivity contribution in [3.8, 4) is 0 Å². The van der Waals surface area contributed by atoms with Crippen LogP contribution in [0.5, 0.6) is 0 Å². The number of rotatable bonds is 5. The van der Waals surface area contributed by atoms with E-state index in [1.165, 1.54) is 0 Å². The monoisotopic (exact) mass is 196 g/mol. The number of aromatic nitrogens is 3. The van der Waals surface area contributed by atoms with E-state index >= 15 is 0 Å². The average Bonchev–Trinajstić information content (AvgIpc) is 2.46. The molecule has 4 heteroatoms. The maximum Gasteiger partial charge on any atom is 0.0868 e. The number of nitrogens with two attached hydrogens (primary N) is 1. The molecule has 0 aliphatic carbocycles. The van der Waals surface area contributed by atoms with Crippen molar-refractivity contribution in [3.05, 3.63) is 11.4 Å². The molecule has 0 aliphatic rings. The summed E-state index contributed by atoms with van der Waals surface area (Å²) in [7, 11) is 0. The Morgan fingerprint density at radius 2 is 2.14 bits per heavy atom. The highest BCUT2D eigenvalue weighted by atomic mass is 15.4. The summed E-state index contributed by atoms with van der Waals surface area (Å²) in [6, 6.07) is 0. The van der Waals surface area contributed by atoms with Crippen LogP contribution in [0.1, 0.15) is 31.7 Å². The van der Waals surface area contributed by atoms with Gasteiger partial charge in [0.2, 0.25) is 0 Å². The lowest BCUT2D eigenvalue weighted by Crippen LogP contribution is -2.07. The van der Waals surface area contributed by atoms with E-state index in [0.29, 0.717) is 12.5 Å². The first-order valence-electron chi connectivity index (χ1n) is 5.24. The molecule has 0 atom stereocenters. The second-order valence-electron chi connectivity index (χ2n) is 4.07. The molecule has 1 heterocycles. The van der Waals surface area contributed by atoms with Gasteiger partial charge in [-0.25, -0.2) is 4.68 Å². The van der Waals surface area contributed by atoms with Crippen molar-refractivity contribution in [2.75, 3.05) is 6.54 Å². The standard InChI is InChI=1S/C10H20N4/c1-8(2)5-7-14-9(3)10(4-6-11)12-13-14/h8H,4-7,11H2,1-3H3. The number of hydrogen-bond donors (Lipinski definition) is 1. The van der Waals surface area contributed by atoms with Gasteiger partial charge in [-0.3, -0.25) is 0 Å². The molecule has 4 nitrogen and oxygen atoms in total. The molecule has 0 bridgehead atoms. The lowest BCUT2D eigenvalue weighted by molar-refractivity contribution is 0.472. The number of hydrogen-bond acceptors (Lipinski definition) is 3. The molecule has 1 aromatic heterocycles. The van der Waals surface area contributed by atoms with Crippen LogP contribution >= 0.6 is 0 Å². The van der Waals surface area contributed by atoms with Crippen LogP contribution in [0, 0.1) is 12.8 Å². The van der Waals surface area contributed by atoms with Crippen LogP contribution in [0.2, 0.25) is 0 Å². The minimum atomic E-state index is 0.643. The maximum atomic E-state index is 5.48. The van der Waals surface area contributed by atoms with Crippen LogP contribution < -0.4 is 5.73 Å². The second kappa shape index (κ2) is 5.10. The van der Waals surface area contributed by atoms with Gasteiger partial charge in [0, 0.05) is 13.0 Å². The van der Waals surface area contributed by atoms with Crippen molar-refractivity contribution in [2.45, 2.75) is 40.2 Å². The van der Waals surface area contributed by atoms with E-state index in [9.17, 15) is 0 Å². The van der Waals surface area contributed by atoms with Gasteiger partial charge in [-0.2, -0.15) is 0 Å². The molecule has 0 amide bonds. The summed E-state index contributed by atoms with van der Waals surface area (Å²) in [6.07, 6.45) is 1.97. The summed E-state index contributed by atoms with van der Waals surface area (Å²) < 4.78 is 1.98. The molecule has 0 aliphatic heterocycles. The molecule has 0 radical (unpaired) electrons. The Morgan fingerprint density at radius 3 is 2.71 bits per heavy atom. The maximum absolute atomic E-state index is 5.48. The number of nitrogens with zero attached hydrogens (tertiary/aromatic N) is 3. The Morgan fingerprint density at radius 1 is 1.43 bits per heavy atom. The highest BCUT2D eigenvalue weighted by Gasteiger charge is 2.07. The third kappa shape index (κ3) is 2.80. The zero-order valence-electron chi connectivity index (χ0n) is 9.32. The predicted octanol–water partition coefficient (Wildman–Crippen LogP) is 1.13. The number of aryl methyl sites for hydroxylation is 1. The Balaban J connectivity index is 2.60. The van der Waals surface area contributed by atoms with E-state index < -0.39 is 0 Å². The van der Waals surface area contributed by atoms with Gasteiger partial charge in [-0.05, 0) is 25.8 Å². The first-order valence-corrected chi connectivity index (χ1v) is 5.24. The van der Waals surface area contributed by atoms with Gasteiger partial charge in [-0.15, -0.1) is 5.10 Å². The molecule has 2 N–H and O–H groups in total. The molecule has 0 saturated heterocycles. The van der Waals surface area contributed by atoms with Crippen LogP contribution in [0.3, 0.4) is 0 Å². The van der Waals surface area contributed by atoms with Crippen LogP contribution in [0.15, 0.2) is 0 Å². The quantitative estimate of drug-likeness (QED) is 0.768.